The molecule has 208 valence electrons. The Morgan fingerprint density at radius 3 is 2.26 bits per heavy atom. The Bertz CT molecular complexity index is 1390. The van der Waals surface area contributed by atoms with Crippen molar-refractivity contribution in [1.82, 2.24) is 4.90 Å². The molecule has 0 radical (unpaired) electrons. The van der Waals surface area contributed by atoms with Crippen LogP contribution in [0.25, 0.3) is 0 Å². The monoisotopic (exact) mass is 599 g/mol. The van der Waals surface area contributed by atoms with Gasteiger partial charge in [-0.1, -0.05) is 39.6 Å². The first-order valence-electron chi connectivity index (χ1n) is 10.7. The number of nitrogens with zero attached hydrogens (tertiary/aromatic N) is 3. The molecule has 0 bridgehead atoms. The molecule has 0 fully saturated rings. The van der Waals surface area contributed by atoms with Gasteiger partial charge in [0.1, 0.15) is 0 Å². The summed E-state index contributed by atoms with van der Waals surface area (Å²) in [4.78, 5) is 34.3. The van der Waals surface area contributed by atoms with Crippen LogP contribution < -0.4 is 0 Å². The minimum absolute atomic E-state index is 0.0132. The molecule has 0 aliphatic carbocycles. The number of hydrogen-bond donors (Lipinski definition) is 0. The molecule has 0 spiro atoms. The van der Waals surface area contributed by atoms with Crippen molar-refractivity contribution in [2.45, 2.75) is 43.9 Å². The van der Waals surface area contributed by atoms with E-state index in [1.807, 2.05) is 0 Å². The van der Waals surface area contributed by atoms with Crippen LogP contribution in [-0.2, 0) is 20.1 Å². The molecule has 2 atom stereocenters. The number of benzene rings is 2. The van der Waals surface area contributed by atoms with E-state index in [1.165, 1.54) is 19.1 Å². The molecule has 2 aliphatic rings. The van der Waals surface area contributed by atoms with Gasteiger partial charge in [-0.3, -0.25) is 9.59 Å². The fourth-order valence-corrected chi connectivity index (χ4v) is 4.48. The number of halogens is 9. The van der Waals surface area contributed by atoms with Gasteiger partial charge in [-0.2, -0.15) is 26.3 Å². The predicted molar refractivity (Wildman–Crippen MR) is 123 cm³/mol. The van der Waals surface area contributed by atoms with E-state index in [0.717, 1.165) is 18.2 Å². The average Bonchev–Trinajstić information content (AvgIpc) is 3.51. The lowest BCUT2D eigenvalue weighted by Gasteiger charge is -2.29. The standard InChI is InChI=1S/C23H14Cl2F7N3O4/c1-10-4-11(2-3-13(10)20(37)35(9-36)18-7-17(34-38-18)22(27,28)29)16-8-21(39-33-16,23(30,31)32)12-5-14(24)19(26)15(25)6-12/h2-6,9,18H,7-8H2,1H3. The van der Waals surface area contributed by atoms with Crippen molar-refractivity contribution < 1.29 is 50.0 Å². The van der Waals surface area contributed by atoms with Crippen molar-refractivity contribution in [3.05, 3.63) is 68.4 Å². The third-order valence-electron chi connectivity index (χ3n) is 6.06. The maximum Gasteiger partial charge on any atom is 0.435 e. The quantitative estimate of drug-likeness (QED) is 0.230. The first-order chi connectivity index (χ1) is 18.1. The second-order valence-electron chi connectivity index (χ2n) is 8.53. The van der Waals surface area contributed by atoms with Crippen molar-refractivity contribution in [1.29, 1.82) is 0 Å². The van der Waals surface area contributed by atoms with Crippen LogP contribution in [0.3, 0.4) is 0 Å². The van der Waals surface area contributed by atoms with Gasteiger partial charge in [-0.25, -0.2) is 9.29 Å². The van der Waals surface area contributed by atoms with E-state index in [-0.39, 0.29) is 28.8 Å². The molecule has 0 N–H and O–H groups in total. The van der Waals surface area contributed by atoms with E-state index in [9.17, 15) is 40.3 Å². The summed E-state index contributed by atoms with van der Waals surface area (Å²) in [5.74, 6) is -2.13. The zero-order valence-corrected chi connectivity index (χ0v) is 20.8. The number of carbonyl (C=O) groups excluding carboxylic acids is 2. The van der Waals surface area contributed by atoms with Gasteiger partial charge in [0.2, 0.25) is 12.6 Å². The molecule has 2 unspecified atom stereocenters. The Labute approximate surface area is 224 Å². The summed E-state index contributed by atoms with van der Waals surface area (Å²) in [5, 5.41) is 5.13. The molecule has 7 nitrogen and oxygen atoms in total. The highest BCUT2D eigenvalue weighted by Crippen LogP contribution is 2.50. The summed E-state index contributed by atoms with van der Waals surface area (Å²) in [7, 11) is 0. The van der Waals surface area contributed by atoms with Gasteiger partial charge in [0.15, 0.2) is 11.5 Å². The number of rotatable bonds is 5. The first kappa shape index (κ1) is 28.6. The molecule has 2 aliphatic heterocycles. The highest BCUT2D eigenvalue weighted by Gasteiger charge is 2.62. The van der Waals surface area contributed by atoms with E-state index in [1.54, 1.807) is 0 Å². The fraction of sp³-hybridized carbons (Fsp3) is 0.304. The van der Waals surface area contributed by atoms with Crippen molar-refractivity contribution in [2.75, 3.05) is 0 Å². The number of oxime groups is 2. The second kappa shape index (κ2) is 9.97. The number of alkyl halides is 6. The molecule has 2 aromatic carbocycles. The fourth-order valence-electron chi connectivity index (χ4n) is 4.00. The average molecular weight is 600 g/mol. The van der Waals surface area contributed by atoms with E-state index >= 15 is 0 Å². The summed E-state index contributed by atoms with van der Waals surface area (Å²) in [5.41, 5.74) is -5.03. The summed E-state index contributed by atoms with van der Waals surface area (Å²) < 4.78 is 95.1. The summed E-state index contributed by atoms with van der Waals surface area (Å²) in [6, 6.07) is 5.12. The number of carbonyl (C=O) groups is 2. The number of imide groups is 1. The normalized spacial score (nSPS) is 21.1. The molecule has 0 saturated heterocycles. The maximum absolute atomic E-state index is 14.2. The molecule has 0 saturated carbocycles. The molecule has 2 amide bonds. The van der Waals surface area contributed by atoms with Gasteiger partial charge in [-0.05, 0) is 42.3 Å². The Hall–Kier alpha value is -3.39. The zero-order chi connectivity index (χ0) is 28.9. The van der Waals surface area contributed by atoms with Gasteiger partial charge in [0, 0.05) is 17.5 Å². The van der Waals surface area contributed by atoms with Crippen LogP contribution in [0.2, 0.25) is 10.0 Å². The summed E-state index contributed by atoms with van der Waals surface area (Å²) in [6.07, 6.45) is -13.3. The van der Waals surface area contributed by atoms with Crippen LogP contribution in [0.1, 0.15) is 39.9 Å². The smallest absolute Gasteiger partial charge is 0.374 e. The zero-order valence-electron chi connectivity index (χ0n) is 19.3. The van der Waals surface area contributed by atoms with Crippen LogP contribution >= 0.6 is 23.2 Å². The second-order valence-corrected chi connectivity index (χ2v) is 9.35. The molecule has 39 heavy (non-hydrogen) atoms. The summed E-state index contributed by atoms with van der Waals surface area (Å²) in [6.45, 7) is 1.39. The lowest BCUT2D eigenvalue weighted by atomic mass is 9.86. The van der Waals surface area contributed by atoms with Crippen molar-refractivity contribution in [3.8, 4) is 0 Å². The van der Waals surface area contributed by atoms with Crippen LogP contribution in [-0.4, -0.2) is 47.2 Å². The van der Waals surface area contributed by atoms with Crippen molar-refractivity contribution in [2.24, 2.45) is 10.3 Å². The SMILES string of the molecule is Cc1cc(C2=NOC(c3cc(Cl)c(F)c(Cl)c3)(C(F)(F)F)C2)ccc1C(=O)N(C=O)C1CC(C(F)(F)F)=NO1. The van der Waals surface area contributed by atoms with Crippen molar-refractivity contribution in [3.63, 3.8) is 0 Å². The van der Waals surface area contributed by atoms with Gasteiger partial charge in [0.25, 0.3) is 11.5 Å². The highest BCUT2D eigenvalue weighted by molar-refractivity contribution is 6.35. The summed E-state index contributed by atoms with van der Waals surface area (Å²) >= 11 is 11.4. The number of aryl methyl sites for hydroxylation is 1. The van der Waals surface area contributed by atoms with Gasteiger partial charge < -0.3 is 9.68 Å². The van der Waals surface area contributed by atoms with Crippen LogP contribution in [0.15, 0.2) is 40.6 Å². The Morgan fingerprint density at radius 2 is 1.74 bits per heavy atom. The maximum atomic E-state index is 14.2. The van der Waals surface area contributed by atoms with Gasteiger partial charge in [0.05, 0.1) is 22.2 Å². The molecular weight excluding hydrogens is 586 g/mol. The minimum atomic E-state index is -5.04. The van der Waals surface area contributed by atoms with E-state index in [0.29, 0.717) is 4.90 Å². The topological polar surface area (TPSA) is 80.6 Å². The third kappa shape index (κ3) is 5.14. The first-order valence-corrected chi connectivity index (χ1v) is 11.5. The molecule has 4 rings (SSSR count). The van der Waals surface area contributed by atoms with E-state index in [2.05, 4.69) is 15.1 Å². The van der Waals surface area contributed by atoms with E-state index in [4.69, 9.17) is 28.0 Å². The lowest BCUT2D eigenvalue weighted by molar-refractivity contribution is -0.275. The van der Waals surface area contributed by atoms with Gasteiger partial charge >= 0.3 is 12.4 Å². The lowest BCUT2D eigenvalue weighted by Crippen LogP contribution is -2.42. The molecule has 0 aromatic heterocycles. The number of hydrogen-bond acceptors (Lipinski definition) is 6. The predicted octanol–water partition coefficient (Wildman–Crippen LogP) is 6.29. The minimum Gasteiger partial charge on any atom is -0.374 e. The molecule has 16 heteroatoms. The van der Waals surface area contributed by atoms with Crippen LogP contribution in [0.4, 0.5) is 30.7 Å². The molecule has 2 aromatic rings. The Morgan fingerprint density at radius 1 is 1.10 bits per heavy atom. The Balaban J connectivity index is 1.59. The third-order valence-corrected chi connectivity index (χ3v) is 6.61. The van der Waals surface area contributed by atoms with Gasteiger partial charge in [-0.15, -0.1) is 0 Å². The van der Waals surface area contributed by atoms with E-state index < -0.39 is 70.1 Å². The number of amides is 2. The molecule has 2 heterocycles. The van der Waals surface area contributed by atoms with Crippen LogP contribution in [0, 0.1) is 12.7 Å². The Kier molecular flexibility index (Phi) is 7.32. The highest BCUT2D eigenvalue weighted by atomic mass is 35.5. The van der Waals surface area contributed by atoms with Crippen LogP contribution in [0.5, 0.6) is 0 Å². The molecular formula is C23H14Cl2F7N3O4. The van der Waals surface area contributed by atoms with Crippen molar-refractivity contribution >= 4 is 46.9 Å². The largest absolute Gasteiger partial charge is 0.435 e.